The monoisotopic (exact) mass is 356 g/mol. The van der Waals surface area contributed by atoms with E-state index < -0.39 is 0 Å². The zero-order chi connectivity index (χ0) is 18.5. The molecule has 1 atom stereocenters. The summed E-state index contributed by atoms with van der Waals surface area (Å²) >= 11 is 0. The molecule has 0 aliphatic rings. The molecule has 26 heavy (non-hydrogen) atoms. The minimum atomic E-state index is -0.0671. The maximum absolute atomic E-state index is 6.03. The molecule has 0 radical (unpaired) electrons. The number of nitrogens with zero attached hydrogens (tertiary/aromatic N) is 4. The van der Waals surface area contributed by atoms with Gasteiger partial charge < -0.3 is 19.8 Å². The minimum Gasteiger partial charge on any atom is -0.490 e. The zero-order valence-corrected chi connectivity index (χ0v) is 15.5. The number of aromatic nitrogens is 3. The van der Waals surface area contributed by atoms with Crippen LogP contribution in [-0.2, 0) is 13.6 Å². The SMILES string of the molecule is CCOc1cccc2cc(C(C)NC(=NC)NCc3ncnn3C)oc12. The molecule has 0 aliphatic heterocycles. The van der Waals surface area contributed by atoms with E-state index in [0.717, 1.165) is 28.3 Å². The van der Waals surface area contributed by atoms with Crippen LogP contribution in [0.25, 0.3) is 11.0 Å². The second-order valence-electron chi connectivity index (χ2n) is 5.85. The maximum Gasteiger partial charge on any atom is 0.191 e. The molecule has 0 amide bonds. The summed E-state index contributed by atoms with van der Waals surface area (Å²) in [5.74, 6) is 3.05. The lowest BCUT2D eigenvalue weighted by Gasteiger charge is -2.16. The molecule has 2 heterocycles. The standard InChI is InChI=1S/C18H24N6O2/c1-5-25-14-8-6-7-13-9-15(26-17(13)14)12(2)23-18(19-3)20-10-16-21-11-22-24(16)4/h6-9,11-12H,5,10H2,1-4H3,(H2,19,20,23). The van der Waals surface area contributed by atoms with Crippen LogP contribution >= 0.6 is 0 Å². The number of furan rings is 1. The molecule has 3 rings (SSSR count). The van der Waals surface area contributed by atoms with E-state index in [-0.39, 0.29) is 6.04 Å². The van der Waals surface area contributed by atoms with Gasteiger partial charge in [-0.15, -0.1) is 0 Å². The van der Waals surface area contributed by atoms with Crippen LogP contribution in [0.1, 0.15) is 31.5 Å². The van der Waals surface area contributed by atoms with Crippen molar-refractivity contribution in [2.24, 2.45) is 12.0 Å². The number of fused-ring (bicyclic) bond motifs is 1. The van der Waals surface area contributed by atoms with Crippen LogP contribution in [0.4, 0.5) is 0 Å². The number of nitrogens with one attached hydrogen (secondary N) is 2. The third kappa shape index (κ3) is 3.79. The number of ether oxygens (including phenoxy) is 1. The van der Waals surface area contributed by atoms with E-state index in [1.54, 1.807) is 11.7 Å². The van der Waals surface area contributed by atoms with Crippen molar-refractivity contribution in [1.82, 2.24) is 25.4 Å². The van der Waals surface area contributed by atoms with E-state index in [9.17, 15) is 0 Å². The fraction of sp³-hybridized carbons (Fsp3) is 0.389. The molecule has 0 saturated carbocycles. The fourth-order valence-electron chi connectivity index (χ4n) is 2.65. The molecule has 0 fully saturated rings. The Hall–Kier alpha value is -3.03. The molecule has 0 saturated heterocycles. The predicted octanol–water partition coefficient (Wildman–Crippen LogP) is 2.39. The topological polar surface area (TPSA) is 89.5 Å². The molecule has 3 aromatic rings. The van der Waals surface area contributed by atoms with Crippen molar-refractivity contribution in [3.8, 4) is 5.75 Å². The lowest BCUT2D eigenvalue weighted by molar-refractivity contribution is 0.336. The summed E-state index contributed by atoms with van der Waals surface area (Å²) in [4.78, 5) is 8.44. The average molecular weight is 356 g/mol. The van der Waals surface area contributed by atoms with Gasteiger partial charge in [0.2, 0.25) is 0 Å². The van der Waals surface area contributed by atoms with Crippen LogP contribution < -0.4 is 15.4 Å². The van der Waals surface area contributed by atoms with Crippen molar-refractivity contribution >= 4 is 16.9 Å². The Bertz CT molecular complexity index is 898. The highest BCUT2D eigenvalue weighted by Gasteiger charge is 2.15. The van der Waals surface area contributed by atoms with Crippen molar-refractivity contribution in [2.75, 3.05) is 13.7 Å². The van der Waals surface area contributed by atoms with E-state index in [2.05, 4.69) is 25.7 Å². The normalized spacial score (nSPS) is 13.0. The summed E-state index contributed by atoms with van der Waals surface area (Å²) in [6.45, 7) is 5.10. The summed E-state index contributed by atoms with van der Waals surface area (Å²) in [6, 6.07) is 7.84. The van der Waals surface area contributed by atoms with Crippen LogP contribution in [0.5, 0.6) is 5.75 Å². The quantitative estimate of drug-likeness (QED) is 0.521. The van der Waals surface area contributed by atoms with Crippen LogP contribution in [-0.4, -0.2) is 34.4 Å². The van der Waals surface area contributed by atoms with Gasteiger partial charge in [-0.1, -0.05) is 12.1 Å². The number of hydrogen-bond acceptors (Lipinski definition) is 5. The highest BCUT2D eigenvalue weighted by atomic mass is 16.5. The van der Waals surface area contributed by atoms with Gasteiger partial charge in [0.05, 0.1) is 19.2 Å². The maximum atomic E-state index is 6.03. The van der Waals surface area contributed by atoms with Gasteiger partial charge in [-0.25, -0.2) is 4.98 Å². The van der Waals surface area contributed by atoms with E-state index in [1.807, 2.05) is 45.2 Å². The van der Waals surface area contributed by atoms with E-state index in [1.165, 1.54) is 6.33 Å². The van der Waals surface area contributed by atoms with Crippen LogP contribution in [0.15, 0.2) is 40.0 Å². The first kappa shape index (κ1) is 17.8. The molecule has 2 N–H and O–H groups in total. The van der Waals surface area contributed by atoms with Crippen LogP contribution in [0.3, 0.4) is 0 Å². The predicted molar refractivity (Wildman–Crippen MR) is 100 cm³/mol. The Morgan fingerprint density at radius 1 is 1.42 bits per heavy atom. The molecule has 1 aromatic carbocycles. The molecular weight excluding hydrogens is 332 g/mol. The van der Waals surface area contributed by atoms with E-state index >= 15 is 0 Å². The number of hydrogen-bond donors (Lipinski definition) is 2. The molecule has 0 bridgehead atoms. The van der Waals surface area contributed by atoms with Gasteiger partial charge in [-0.05, 0) is 26.0 Å². The fourth-order valence-corrected chi connectivity index (χ4v) is 2.65. The van der Waals surface area contributed by atoms with E-state index in [4.69, 9.17) is 9.15 Å². The first-order valence-corrected chi connectivity index (χ1v) is 8.57. The molecule has 0 aliphatic carbocycles. The number of benzene rings is 1. The van der Waals surface area contributed by atoms with Crippen molar-refractivity contribution < 1.29 is 9.15 Å². The number of rotatable bonds is 6. The Morgan fingerprint density at radius 3 is 2.96 bits per heavy atom. The summed E-state index contributed by atoms with van der Waals surface area (Å²) in [6.07, 6.45) is 1.53. The smallest absolute Gasteiger partial charge is 0.191 e. The largest absolute Gasteiger partial charge is 0.490 e. The third-order valence-electron chi connectivity index (χ3n) is 4.05. The first-order valence-electron chi connectivity index (χ1n) is 8.57. The first-order chi connectivity index (χ1) is 12.6. The van der Waals surface area contributed by atoms with Crippen molar-refractivity contribution in [3.63, 3.8) is 0 Å². The molecule has 8 nitrogen and oxygen atoms in total. The Balaban J connectivity index is 1.70. The van der Waals surface area contributed by atoms with Gasteiger partial charge in [0.1, 0.15) is 17.9 Å². The Labute approximate surface area is 152 Å². The van der Waals surface area contributed by atoms with E-state index in [0.29, 0.717) is 19.1 Å². The number of guanidine groups is 1. The number of para-hydroxylation sites is 1. The van der Waals surface area contributed by atoms with Gasteiger partial charge >= 0.3 is 0 Å². The molecule has 8 heteroatoms. The Kier molecular flexibility index (Phi) is 5.40. The second kappa shape index (κ2) is 7.90. The summed E-state index contributed by atoms with van der Waals surface area (Å²) < 4.78 is 13.4. The summed E-state index contributed by atoms with van der Waals surface area (Å²) in [5, 5.41) is 11.6. The van der Waals surface area contributed by atoms with Crippen molar-refractivity contribution in [3.05, 3.63) is 42.2 Å². The number of aryl methyl sites for hydroxylation is 1. The molecule has 1 unspecified atom stereocenters. The molecule has 138 valence electrons. The average Bonchev–Trinajstić information content (AvgIpc) is 3.25. The van der Waals surface area contributed by atoms with Crippen molar-refractivity contribution in [1.29, 1.82) is 0 Å². The van der Waals surface area contributed by atoms with Gasteiger partial charge in [0.25, 0.3) is 0 Å². The van der Waals surface area contributed by atoms with Crippen LogP contribution in [0, 0.1) is 0 Å². The summed E-state index contributed by atoms with van der Waals surface area (Å²) in [7, 11) is 3.58. The zero-order valence-electron chi connectivity index (χ0n) is 15.5. The second-order valence-corrected chi connectivity index (χ2v) is 5.85. The lowest BCUT2D eigenvalue weighted by atomic mass is 10.2. The highest BCUT2D eigenvalue weighted by molar-refractivity contribution is 5.84. The van der Waals surface area contributed by atoms with Gasteiger partial charge in [0.15, 0.2) is 17.3 Å². The lowest BCUT2D eigenvalue weighted by Crippen LogP contribution is -2.38. The third-order valence-corrected chi connectivity index (χ3v) is 4.05. The minimum absolute atomic E-state index is 0.0671. The molecule has 0 spiro atoms. The van der Waals surface area contributed by atoms with Gasteiger partial charge in [-0.3, -0.25) is 9.67 Å². The van der Waals surface area contributed by atoms with Crippen LogP contribution in [0.2, 0.25) is 0 Å². The molecule has 2 aromatic heterocycles. The van der Waals surface area contributed by atoms with Crippen molar-refractivity contribution in [2.45, 2.75) is 26.4 Å². The van der Waals surface area contributed by atoms with Gasteiger partial charge in [0, 0.05) is 19.5 Å². The number of aliphatic imine (C=N–C) groups is 1. The Morgan fingerprint density at radius 2 is 2.27 bits per heavy atom. The highest BCUT2D eigenvalue weighted by Crippen LogP contribution is 2.31. The van der Waals surface area contributed by atoms with Gasteiger partial charge in [-0.2, -0.15) is 5.10 Å². The summed E-state index contributed by atoms with van der Waals surface area (Å²) in [5.41, 5.74) is 0.764. The molecular formula is C18H24N6O2.